The summed E-state index contributed by atoms with van der Waals surface area (Å²) in [5, 5.41) is 0. The third-order valence-corrected chi connectivity index (χ3v) is 4.39. The van der Waals surface area contributed by atoms with Gasteiger partial charge in [0.05, 0.1) is 30.8 Å². The smallest absolute Gasteiger partial charge is 0.144 e. The Balaban J connectivity index is 1.80. The number of anilines is 1. The molecule has 0 amide bonds. The monoisotopic (exact) mass is 320 g/mol. The highest BCUT2D eigenvalue weighted by molar-refractivity contribution is 5.67. The Bertz CT molecular complexity index is 815. The average molecular weight is 320 g/mol. The maximum Gasteiger partial charge on any atom is 0.144 e. The number of aromatic nitrogens is 3. The van der Waals surface area contributed by atoms with Gasteiger partial charge in [-0.15, -0.1) is 0 Å². The zero-order valence-electron chi connectivity index (χ0n) is 13.7. The maximum atomic E-state index is 5.58. The first-order valence-corrected chi connectivity index (χ1v) is 8.22. The van der Waals surface area contributed by atoms with Crippen molar-refractivity contribution in [3.63, 3.8) is 0 Å². The first kappa shape index (κ1) is 14.9. The second-order valence-corrected chi connectivity index (χ2v) is 5.97. The second kappa shape index (κ2) is 6.45. The average Bonchev–Trinajstić information content (AvgIpc) is 3.12. The molecule has 3 aromatic rings. The molecule has 0 N–H and O–H groups in total. The largest absolute Gasteiger partial charge is 0.377 e. The van der Waals surface area contributed by atoms with E-state index < -0.39 is 0 Å². The standard InChI is InChI=1S/C19H20N4O/c1-15-14-24-12-11-22(15)17-7-8-20-13-18(17)23-10-9-21-19(23)16-5-3-2-4-6-16/h2-10,13,15H,11-12,14H2,1H3/t15-/m0/s1. The number of hydrogen-bond donors (Lipinski definition) is 0. The van der Waals surface area contributed by atoms with Crippen molar-refractivity contribution in [2.75, 3.05) is 24.7 Å². The summed E-state index contributed by atoms with van der Waals surface area (Å²) in [6, 6.07) is 12.6. The van der Waals surface area contributed by atoms with Crippen LogP contribution in [-0.2, 0) is 4.74 Å². The van der Waals surface area contributed by atoms with Crippen LogP contribution in [0.4, 0.5) is 5.69 Å². The molecule has 5 nitrogen and oxygen atoms in total. The SMILES string of the molecule is C[C@H]1COCCN1c1ccncc1-n1ccnc1-c1ccccc1. The molecular weight excluding hydrogens is 300 g/mol. The van der Waals surface area contributed by atoms with Crippen molar-refractivity contribution in [2.24, 2.45) is 0 Å². The summed E-state index contributed by atoms with van der Waals surface area (Å²) in [6.45, 7) is 4.57. The Kier molecular flexibility index (Phi) is 4.01. The van der Waals surface area contributed by atoms with Crippen LogP contribution >= 0.6 is 0 Å². The molecule has 3 heterocycles. The van der Waals surface area contributed by atoms with Crippen LogP contribution in [-0.4, -0.2) is 40.3 Å². The van der Waals surface area contributed by atoms with Gasteiger partial charge in [0.2, 0.25) is 0 Å². The minimum Gasteiger partial charge on any atom is -0.377 e. The first-order valence-electron chi connectivity index (χ1n) is 8.22. The molecule has 4 rings (SSSR count). The summed E-state index contributed by atoms with van der Waals surface area (Å²) in [6.07, 6.45) is 7.58. The zero-order valence-corrected chi connectivity index (χ0v) is 13.7. The summed E-state index contributed by atoms with van der Waals surface area (Å²) < 4.78 is 7.69. The molecule has 0 aliphatic carbocycles. The van der Waals surface area contributed by atoms with E-state index in [1.165, 1.54) is 0 Å². The van der Waals surface area contributed by atoms with E-state index in [2.05, 4.69) is 44.6 Å². The fourth-order valence-corrected chi connectivity index (χ4v) is 3.19. The van der Waals surface area contributed by atoms with E-state index >= 15 is 0 Å². The normalized spacial score (nSPS) is 17.9. The maximum absolute atomic E-state index is 5.58. The van der Waals surface area contributed by atoms with E-state index in [4.69, 9.17) is 4.74 Å². The molecule has 0 radical (unpaired) electrons. The number of imidazole rings is 1. The fraction of sp³-hybridized carbons (Fsp3) is 0.263. The van der Waals surface area contributed by atoms with Crippen LogP contribution in [0.2, 0.25) is 0 Å². The number of nitrogens with zero attached hydrogens (tertiary/aromatic N) is 4. The van der Waals surface area contributed by atoms with Crippen molar-refractivity contribution in [1.82, 2.24) is 14.5 Å². The Labute approximate surface area is 141 Å². The summed E-state index contributed by atoms with van der Waals surface area (Å²) in [5.41, 5.74) is 3.30. The quantitative estimate of drug-likeness (QED) is 0.743. The summed E-state index contributed by atoms with van der Waals surface area (Å²) in [7, 11) is 0. The van der Waals surface area contributed by atoms with E-state index in [0.29, 0.717) is 6.04 Å². The fourth-order valence-electron chi connectivity index (χ4n) is 3.19. The van der Waals surface area contributed by atoms with Gasteiger partial charge in [0, 0.05) is 36.7 Å². The third kappa shape index (κ3) is 2.67. The van der Waals surface area contributed by atoms with E-state index in [9.17, 15) is 0 Å². The second-order valence-electron chi connectivity index (χ2n) is 5.97. The van der Waals surface area contributed by atoms with Gasteiger partial charge < -0.3 is 9.64 Å². The minimum atomic E-state index is 0.337. The molecule has 1 atom stereocenters. The lowest BCUT2D eigenvalue weighted by molar-refractivity contribution is 0.0989. The van der Waals surface area contributed by atoms with Crippen molar-refractivity contribution in [3.8, 4) is 17.1 Å². The van der Waals surface area contributed by atoms with Crippen LogP contribution in [0.1, 0.15) is 6.92 Å². The van der Waals surface area contributed by atoms with Gasteiger partial charge in [-0.25, -0.2) is 4.98 Å². The van der Waals surface area contributed by atoms with Crippen molar-refractivity contribution in [3.05, 3.63) is 61.2 Å². The predicted octanol–water partition coefficient (Wildman–Crippen LogP) is 3.16. The lowest BCUT2D eigenvalue weighted by atomic mass is 10.2. The Hall–Kier alpha value is -2.66. The number of hydrogen-bond acceptors (Lipinski definition) is 4. The minimum absolute atomic E-state index is 0.337. The Morgan fingerprint density at radius 3 is 2.79 bits per heavy atom. The lowest BCUT2D eigenvalue weighted by Gasteiger charge is -2.36. The van der Waals surface area contributed by atoms with Crippen LogP contribution in [0.5, 0.6) is 0 Å². The van der Waals surface area contributed by atoms with Gasteiger partial charge in [0.15, 0.2) is 0 Å². The highest BCUT2D eigenvalue weighted by Crippen LogP contribution is 2.30. The van der Waals surface area contributed by atoms with Crippen molar-refractivity contribution in [2.45, 2.75) is 13.0 Å². The molecule has 0 bridgehead atoms. The third-order valence-electron chi connectivity index (χ3n) is 4.39. The molecule has 24 heavy (non-hydrogen) atoms. The van der Waals surface area contributed by atoms with E-state index in [0.717, 1.165) is 42.5 Å². The van der Waals surface area contributed by atoms with Crippen molar-refractivity contribution < 1.29 is 4.74 Å². The molecule has 1 aliphatic rings. The van der Waals surface area contributed by atoms with Crippen molar-refractivity contribution >= 4 is 5.69 Å². The van der Waals surface area contributed by atoms with E-state index in [1.807, 2.05) is 43.0 Å². The predicted molar refractivity (Wildman–Crippen MR) is 94.4 cm³/mol. The van der Waals surface area contributed by atoms with Crippen LogP contribution < -0.4 is 4.90 Å². The van der Waals surface area contributed by atoms with Crippen LogP contribution in [0, 0.1) is 0 Å². The summed E-state index contributed by atoms with van der Waals surface area (Å²) >= 11 is 0. The van der Waals surface area contributed by atoms with Gasteiger partial charge in [-0.1, -0.05) is 30.3 Å². The molecule has 1 saturated heterocycles. The van der Waals surface area contributed by atoms with Crippen molar-refractivity contribution in [1.29, 1.82) is 0 Å². The number of benzene rings is 1. The van der Waals surface area contributed by atoms with Gasteiger partial charge in [-0.2, -0.15) is 0 Å². The van der Waals surface area contributed by atoms with E-state index in [-0.39, 0.29) is 0 Å². The lowest BCUT2D eigenvalue weighted by Crippen LogP contribution is -2.44. The van der Waals surface area contributed by atoms with Crippen LogP contribution in [0.3, 0.4) is 0 Å². The van der Waals surface area contributed by atoms with E-state index in [1.54, 1.807) is 0 Å². The van der Waals surface area contributed by atoms with Gasteiger partial charge in [-0.05, 0) is 13.0 Å². The molecular formula is C19H20N4O. The van der Waals surface area contributed by atoms with Gasteiger partial charge >= 0.3 is 0 Å². The number of ether oxygens (including phenoxy) is 1. The molecule has 1 fully saturated rings. The van der Waals surface area contributed by atoms with Crippen LogP contribution in [0.25, 0.3) is 17.1 Å². The first-order chi connectivity index (χ1) is 11.8. The summed E-state index contributed by atoms with van der Waals surface area (Å²) in [5.74, 6) is 0.922. The Morgan fingerprint density at radius 2 is 1.96 bits per heavy atom. The topological polar surface area (TPSA) is 43.2 Å². The molecule has 5 heteroatoms. The van der Waals surface area contributed by atoms with Crippen LogP contribution in [0.15, 0.2) is 61.2 Å². The Morgan fingerprint density at radius 1 is 1.08 bits per heavy atom. The van der Waals surface area contributed by atoms with Gasteiger partial charge in [0.1, 0.15) is 5.82 Å². The molecule has 0 spiro atoms. The molecule has 0 saturated carbocycles. The number of pyridine rings is 1. The zero-order chi connectivity index (χ0) is 16.4. The molecule has 2 aromatic heterocycles. The molecule has 122 valence electrons. The van der Waals surface area contributed by atoms with Gasteiger partial charge in [-0.3, -0.25) is 9.55 Å². The highest BCUT2D eigenvalue weighted by atomic mass is 16.5. The number of rotatable bonds is 3. The van der Waals surface area contributed by atoms with Gasteiger partial charge in [0.25, 0.3) is 0 Å². The molecule has 1 aliphatic heterocycles. The molecule has 0 unspecified atom stereocenters. The highest BCUT2D eigenvalue weighted by Gasteiger charge is 2.22. The number of morpholine rings is 1. The molecule has 1 aromatic carbocycles. The summed E-state index contributed by atoms with van der Waals surface area (Å²) in [4.78, 5) is 11.3.